The molecule has 0 bridgehead atoms. The number of allylic oxidation sites excluding steroid dienone is 1. The van der Waals surface area contributed by atoms with Crippen LogP contribution in [0.15, 0.2) is 48.5 Å². The lowest BCUT2D eigenvalue weighted by atomic mass is 10.0. The van der Waals surface area contributed by atoms with Crippen molar-refractivity contribution in [2.45, 2.75) is 0 Å². The number of carbonyl (C=O) groups excluding carboxylic acids is 2. The quantitative estimate of drug-likeness (QED) is 0.609. The second-order valence-electron chi connectivity index (χ2n) is 4.93. The molecule has 1 amide bonds. The summed E-state index contributed by atoms with van der Waals surface area (Å²) in [5.41, 5.74) is 2.22. The monoisotopic (exact) mass is 331 g/mol. The molecule has 0 unspecified atom stereocenters. The summed E-state index contributed by atoms with van der Waals surface area (Å²) in [6.07, 6.45) is 1.33. The summed E-state index contributed by atoms with van der Waals surface area (Å²) in [5, 5.41) is 0.720. The topological polar surface area (TPSA) is 37.4 Å². The number of nitrogens with zero attached hydrogens (tertiary/aromatic N) is 1. The molecule has 1 heterocycles. The largest absolute Gasteiger partial charge is 0.311 e. The Hall–Kier alpha value is -2.10. The van der Waals surface area contributed by atoms with Crippen molar-refractivity contribution in [1.29, 1.82) is 0 Å². The number of ketones is 1. The van der Waals surface area contributed by atoms with Crippen LogP contribution in [0.4, 0.5) is 5.69 Å². The number of hydrogen-bond donors (Lipinski definition) is 0. The molecule has 2 aromatic carbocycles. The highest BCUT2D eigenvalue weighted by atomic mass is 35.5. The third-order valence-corrected chi connectivity index (χ3v) is 4.11. The molecule has 0 fully saturated rings. The first-order valence-electron chi connectivity index (χ1n) is 6.57. The minimum absolute atomic E-state index is 0.209. The van der Waals surface area contributed by atoms with Crippen LogP contribution in [0.1, 0.15) is 15.9 Å². The van der Waals surface area contributed by atoms with Crippen molar-refractivity contribution in [3.63, 3.8) is 0 Å². The highest BCUT2D eigenvalue weighted by molar-refractivity contribution is 6.39. The van der Waals surface area contributed by atoms with Crippen molar-refractivity contribution in [2.24, 2.45) is 0 Å². The van der Waals surface area contributed by atoms with Crippen molar-refractivity contribution in [3.05, 3.63) is 69.7 Å². The Balaban J connectivity index is 2.05. The van der Waals surface area contributed by atoms with Gasteiger partial charge in [0.2, 0.25) is 0 Å². The van der Waals surface area contributed by atoms with Crippen LogP contribution in [0, 0.1) is 0 Å². The van der Waals surface area contributed by atoms with E-state index in [1.54, 1.807) is 19.2 Å². The Bertz CT molecular complexity index is 827. The van der Waals surface area contributed by atoms with E-state index in [0.29, 0.717) is 16.2 Å². The normalized spacial score (nSPS) is 15.3. The molecular weight excluding hydrogens is 321 g/mol. The number of hydrogen-bond acceptors (Lipinski definition) is 2. The first-order chi connectivity index (χ1) is 10.5. The van der Waals surface area contributed by atoms with Crippen molar-refractivity contribution >= 4 is 46.2 Å². The van der Waals surface area contributed by atoms with Crippen LogP contribution in [0.5, 0.6) is 0 Å². The van der Waals surface area contributed by atoms with Gasteiger partial charge in [-0.2, -0.15) is 0 Å². The van der Waals surface area contributed by atoms with E-state index in [0.717, 1.165) is 11.3 Å². The fourth-order valence-corrected chi connectivity index (χ4v) is 2.94. The summed E-state index contributed by atoms with van der Waals surface area (Å²) >= 11 is 11.9. The van der Waals surface area contributed by atoms with E-state index in [4.69, 9.17) is 23.2 Å². The second-order valence-corrected chi connectivity index (χ2v) is 5.77. The lowest BCUT2D eigenvalue weighted by molar-refractivity contribution is -0.112. The minimum Gasteiger partial charge on any atom is -0.311 e. The predicted molar refractivity (Wildman–Crippen MR) is 88.6 cm³/mol. The predicted octanol–water partition coefficient (Wildman–Crippen LogP) is 4.24. The summed E-state index contributed by atoms with van der Waals surface area (Å²) < 4.78 is 0. The molecular formula is C17H11Cl2NO2. The maximum Gasteiger partial charge on any atom is 0.258 e. The van der Waals surface area contributed by atoms with Gasteiger partial charge in [-0.15, -0.1) is 0 Å². The standard InChI is InChI=1S/C17H11Cl2NO2/c1-20-15-5-3-2-4-11(15)13(17(20)22)9-16(21)12-7-6-10(18)8-14(12)19/h2-9H,1H3. The highest BCUT2D eigenvalue weighted by Gasteiger charge is 2.30. The highest BCUT2D eigenvalue weighted by Crippen LogP contribution is 2.35. The summed E-state index contributed by atoms with van der Waals surface area (Å²) in [5.74, 6) is -0.533. The zero-order valence-corrected chi connectivity index (χ0v) is 13.2. The van der Waals surface area contributed by atoms with Crippen molar-refractivity contribution in [2.75, 3.05) is 11.9 Å². The van der Waals surface area contributed by atoms with Crippen LogP contribution < -0.4 is 4.90 Å². The molecule has 0 N–H and O–H groups in total. The number of fused-ring (bicyclic) bond motifs is 1. The Morgan fingerprint density at radius 2 is 1.86 bits per heavy atom. The molecule has 22 heavy (non-hydrogen) atoms. The molecule has 0 aromatic heterocycles. The Labute approximate surface area is 137 Å². The third kappa shape index (κ3) is 2.43. The van der Waals surface area contributed by atoms with Gasteiger partial charge in [0.1, 0.15) is 0 Å². The van der Waals surface area contributed by atoms with Crippen LogP contribution in [-0.2, 0) is 4.79 Å². The number of rotatable bonds is 2. The first-order valence-corrected chi connectivity index (χ1v) is 7.33. The van der Waals surface area contributed by atoms with Gasteiger partial charge in [-0.1, -0.05) is 41.4 Å². The fourth-order valence-electron chi connectivity index (χ4n) is 2.44. The lowest BCUT2D eigenvalue weighted by Gasteiger charge is -2.07. The Kier molecular flexibility index (Phi) is 3.77. The smallest absolute Gasteiger partial charge is 0.258 e. The van der Waals surface area contributed by atoms with Crippen LogP contribution in [0.25, 0.3) is 5.57 Å². The van der Waals surface area contributed by atoms with Gasteiger partial charge in [0.05, 0.1) is 16.3 Å². The van der Waals surface area contributed by atoms with Gasteiger partial charge in [0, 0.05) is 23.2 Å². The SMILES string of the molecule is CN1C(=O)C(=CC(=O)c2ccc(Cl)cc2Cl)c2ccccc21. The molecule has 0 radical (unpaired) electrons. The lowest BCUT2D eigenvalue weighted by Crippen LogP contribution is -2.20. The number of halogens is 2. The molecule has 1 aliphatic heterocycles. The summed E-state index contributed by atoms with van der Waals surface area (Å²) in [7, 11) is 1.68. The van der Waals surface area contributed by atoms with Gasteiger partial charge in [-0.05, 0) is 30.3 Å². The van der Waals surface area contributed by atoms with E-state index in [1.165, 1.54) is 17.0 Å². The molecule has 110 valence electrons. The van der Waals surface area contributed by atoms with Crippen LogP contribution >= 0.6 is 23.2 Å². The van der Waals surface area contributed by atoms with Gasteiger partial charge in [0.25, 0.3) is 5.91 Å². The van der Waals surface area contributed by atoms with Gasteiger partial charge in [-0.3, -0.25) is 9.59 Å². The van der Waals surface area contributed by atoms with Gasteiger partial charge < -0.3 is 4.90 Å². The van der Waals surface area contributed by atoms with E-state index in [9.17, 15) is 9.59 Å². The van der Waals surface area contributed by atoms with Crippen molar-refractivity contribution in [3.8, 4) is 0 Å². The zero-order valence-electron chi connectivity index (χ0n) is 11.6. The van der Waals surface area contributed by atoms with Gasteiger partial charge in [-0.25, -0.2) is 0 Å². The number of anilines is 1. The molecule has 3 rings (SSSR count). The average molecular weight is 332 g/mol. The third-order valence-electron chi connectivity index (χ3n) is 3.56. The Morgan fingerprint density at radius 3 is 2.59 bits per heavy atom. The molecule has 3 nitrogen and oxygen atoms in total. The summed E-state index contributed by atoms with van der Waals surface area (Å²) in [6.45, 7) is 0. The second kappa shape index (κ2) is 5.59. The number of carbonyl (C=O) groups is 2. The maximum absolute atomic E-state index is 12.4. The number of likely N-dealkylation sites (N-methyl/N-ethyl adjacent to an activating group) is 1. The van der Waals surface area contributed by atoms with E-state index in [2.05, 4.69) is 0 Å². The summed E-state index contributed by atoms with van der Waals surface area (Å²) in [4.78, 5) is 26.3. The van der Waals surface area contributed by atoms with E-state index in [1.807, 2.05) is 24.3 Å². The van der Waals surface area contributed by atoms with E-state index in [-0.39, 0.29) is 16.7 Å². The molecule has 0 saturated carbocycles. The fraction of sp³-hybridized carbons (Fsp3) is 0.0588. The molecule has 5 heteroatoms. The van der Waals surface area contributed by atoms with Crippen LogP contribution in [-0.4, -0.2) is 18.7 Å². The average Bonchev–Trinajstić information content (AvgIpc) is 2.73. The van der Waals surface area contributed by atoms with Crippen molar-refractivity contribution in [1.82, 2.24) is 0 Å². The molecule has 0 saturated heterocycles. The van der Waals surface area contributed by atoms with E-state index < -0.39 is 0 Å². The number of amides is 1. The Morgan fingerprint density at radius 1 is 1.14 bits per heavy atom. The maximum atomic E-state index is 12.4. The molecule has 2 aromatic rings. The van der Waals surface area contributed by atoms with Crippen LogP contribution in [0.2, 0.25) is 10.0 Å². The summed E-state index contributed by atoms with van der Waals surface area (Å²) in [6, 6.07) is 12.0. The van der Waals surface area contributed by atoms with E-state index >= 15 is 0 Å². The van der Waals surface area contributed by atoms with Crippen LogP contribution in [0.3, 0.4) is 0 Å². The zero-order chi connectivity index (χ0) is 15.9. The minimum atomic E-state index is -0.324. The first kappa shape index (κ1) is 14.8. The van der Waals surface area contributed by atoms with Crippen molar-refractivity contribution < 1.29 is 9.59 Å². The molecule has 0 spiro atoms. The van der Waals surface area contributed by atoms with Gasteiger partial charge in [0.15, 0.2) is 5.78 Å². The number of benzene rings is 2. The molecule has 0 atom stereocenters. The molecule has 1 aliphatic rings. The molecule has 0 aliphatic carbocycles. The number of para-hydroxylation sites is 1. The van der Waals surface area contributed by atoms with Gasteiger partial charge >= 0.3 is 0 Å².